The van der Waals surface area contributed by atoms with Crippen molar-refractivity contribution in [3.63, 3.8) is 0 Å². The molecule has 68 heavy (non-hydrogen) atoms. The summed E-state index contributed by atoms with van der Waals surface area (Å²) in [7, 11) is 0. The second kappa shape index (κ2) is 56.4. The van der Waals surface area contributed by atoms with E-state index >= 15 is 0 Å². The van der Waals surface area contributed by atoms with Crippen molar-refractivity contribution in [2.24, 2.45) is 0 Å². The number of allylic oxidation sites excluding steroid dienone is 12. The van der Waals surface area contributed by atoms with Crippen LogP contribution in [0.2, 0.25) is 0 Å². The van der Waals surface area contributed by atoms with Crippen molar-refractivity contribution >= 4 is 17.9 Å². The van der Waals surface area contributed by atoms with Crippen molar-refractivity contribution in [2.75, 3.05) is 13.2 Å². The van der Waals surface area contributed by atoms with Gasteiger partial charge in [0.05, 0.1) is 0 Å². The molecule has 0 fully saturated rings. The van der Waals surface area contributed by atoms with Gasteiger partial charge in [0.2, 0.25) is 0 Å². The normalized spacial score (nSPS) is 12.6. The molecule has 0 aromatic rings. The summed E-state index contributed by atoms with van der Waals surface area (Å²) >= 11 is 0. The molecule has 1 atom stereocenters. The number of unbranched alkanes of at least 4 members (excludes halogenated alkanes) is 32. The van der Waals surface area contributed by atoms with E-state index in [4.69, 9.17) is 14.2 Å². The number of ether oxygens (including phenoxy) is 3. The Hall–Kier alpha value is -3.15. The molecule has 0 bridgehead atoms. The average molecular weight is 950 g/mol. The molecule has 392 valence electrons. The van der Waals surface area contributed by atoms with Crippen molar-refractivity contribution in [2.45, 2.75) is 290 Å². The third-order valence-corrected chi connectivity index (χ3v) is 12.5. The fourth-order valence-corrected chi connectivity index (χ4v) is 8.08. The summed E-state index contributed by atoms with van der Waals surface area (Å²) in [5.74, 6) is -0.916. The molecule has 0 saturated carbocycles. The first-order valence-corrected chi connectivity index (χ1v) is 29.0. The maximum Gasteiger partial charge on any atom is 0.306 e. The minimum atomic E-state index is -0.792. The summed E-state index contributed by atoms with van der Waals surface area (Å²) in [6.07, 6.45) is 71.7. The predicted octanol–water partition coefficient (Wildman–Crippen LogP) is 19.4. The number of carbonyl (C=O) groups is 3. The molecule has 0 radical (unpaired) electrons. The van der Waals surface area contributed by atoms with Gasteiger partial charge in [-0.05, 0) is 96.3 Å². The molecule has 0 spiro atoms. The fourth-order valence-electron chi connectivity index (χ4n) is 8.08. The van der Waals surface area contributed by atoms with Gasteiger partial charge in [-0.2, -0.15) is 0 Å². The smallest absolute Gasteiger partial charge is 0.306 e. The minimum Gasteiger partial charge on any atom is -0.462 e. The highest BCUT2D eigenvalue weighted by atomic mass is 16.6. The van der Waals surface area contributed by atoms with Gasteiger partial charge in [0.1, 0.15) is 13.2 Å². The van der Waals surface area contributed by atoms with E-state index in [2.05, 4.69) is 93.7 Å². The van der Waals surface area contributed by atoms with Crippen LogP contribution < -0.4 is 0 Å². The SMILES string of the molecule is CCCCC/C=C\C=C/CCCCCCCCC(=O)OCC(COC(=O)CCCCCCC\C=C/C=C\C=C/CCCCCCC)OC(=O)CCCCCCCCC/C=C\CCCCCCCC. The Morgan fingerprint density at radius 3 is 0.897 bits per heavy atom. The number of esters is 3. The zero-order valence-electron chi connectivity index (χ0n) is 44.9. The highest BCUT2D eigenvalue weighted by Crippen LogP contribution is 2.15. The largest absolute Gasteiger partial charge is 0.462 e. The number of carbonyl (C=O) groups excluding carboxylic acids is 3. The molecule has 0 aromatic heterocycles. The van der Waals surface area contributed by atoms with E-state index < -0.39 is 6.10 Å². The minimum absolute atomic E-state index is 0.0896. The quantitative estimate of drug-likeness (QED) is 0.0199. The van der Waals surface area contributed by atoms with Crippen LogP contribution in [0.3, 0.4) is 0 Å². The van der Waals surface area contributed by atoms with Gasteiger partial charge in [0, 0.05) is 19.3 Å². The highest BCUT2D eigenvalue weighted by molar-refractivity contribution is 5.71. The number of rotatable bonds is 52. The second-order valence-electron chi connectivity index (χ2n) is 19.3. The first kappa shape index (κ1) is 64.8. The van der Waals surface area contributed by atoms with Crippen molar-refractivity contribution < 1.29 is 28.6 Å². The lowest BCUT2D eigenvalue weighted by atomic mass is 10.1. The lowest BCUT2D eigenvalue weighted by Crippen LogP contribution is -2.30. The lowest BCUT2D eigenvalue weighted by molar-refractivity contribution is -0.167. The van der Waals surface area contributed by atoms with Crippen LogP contribution in [0.4, 0.5) is 0 Å². The van der Waals surface area contributed by atoms with Crippen LogP contribution in [0.1, 0.15) is 284 Å². The van der Waals surface area contributed by atoms with E-state index in [1.807, 2.05) is 0 Å². The van der Waals surface area contributed by atoms with Gasteiger partial charge in [-0.25, -0.2) is 0 Å². The Morgan fingerprint density at radius 2 is 0.544 bits per heavy atom. The van der Waals surface area contributed by atoms with Gasteiger partial charge in [0.25, 0.3) is 0 Å². The van der Waals surface area contributed by atoms with Crippen LogP contribution in [0, 0.1) is 0 Å². The van der Waals surface area contributed by atoms with E-state index in [1.165, 1.54) is 161 Å². The van der Waals surface area contributed by atoms with Crippen molar-refractivity contribution in [3.8, 4) is 0 Å². The van der Waals surface area contributed by atoms with Crippen LogP contribution in [0.15, 0.2) is 72.9 Å². The molecule has 0 heterocycles. The zero-order chi connectivity index (χ0) is 49.3. The van der Waals surface area contributed by atoms with Gasteiger partial charge >= 0.3 is 17.9 Å². The molecule has 0 saturated heterocycles. The summed E-state index contributed by atoms with van der Waals surface area (Å²) in [6, 6.07) is 0. The standard InChI is InChI=1S/C62H108O6/c1-4-7-10-13-16-19-22-25-28-30-32-34-37-40-43-46-49-52-55-61(64)67-58-59(57-66-60(63)54-51-48-45-42-39-36-33-27-24-21-18-15-12-9-6-3)68-62(65)56-53-50-47-44-41-38-35-31-29-26-23-20-17-14-11-8-5-2/h18,21-22,24-30,32,34,59H,4-17,19-20,23,31,33,35-58H2,1-3H3/b21-18-,25-22-,27-24-,29-26-,30-28-,34-32-. The van der Waals surface area contributed by atoms with Gasteiger partial charge in [0.15, 0.2) is 6.10 Å². The Balaban J connectivity index is 4.44. The maximum atomic E-state index is 12.9. The van der Waals surface area contributed by atoms with Crippen LogP contribution in [0.25, 0.3) is 0 Å². The van der Waals surface area contributed by atoms with E-state index in [0.717, 1.165) is 83.5 Å². The second-order valence-corrected chi connectivity index (χ2v) is 19.3. The van der Waals surface area contributed by atoms with Gasteiger partial charge in [-0.15, -0.1) is 0 Å². The van der Waals surface area contributed by atoms with E-state index in [9.17, 15) is 14.4 Å². The zero-order valence-corrected chi connectivity index (χ0v) is 44.9. The molecule has 0 N–H and O–H groups in total. The first-order valence-electron chi connectivity index (χ1n) is 29.0. The van der Waals surface area contributed by atoms with Crippen LogP contribution in [-0.4, -0.2) is 37.2 Å². The molecule has 0 amide bonds. The van der Waals surface area contributed by atoms with E-state index in [0.29, 0.717) is 19.3 Å². The molecule has 6 heteroatoms. The summed E-state index contributed by atoms with van der Waals surface area (Å²) in [4.78, 5) is 38.2. The summed E-state index contributed by atoms with van der Waals surface area (Å²) in [6.45, 7) is 6.58. The average Bonchev–Trinajstić information content (AvgIpc) is 3.34. The Morgan fingerprint density at radius 1 is 0.294 bits per heavy atom. The third kappa shape index (κ3) is 53.8. The van der Waals surface area contributed by atoms with Crippen molar-refractivity contribution in [1.82, 2.24) is 0 Å². The monoisotopic (exact) mass is 949 g/mol. The predicted molar refractivity (Wildman–Crippen MR) is 293 cm³/mol. The van der Waals surface area contributed by atoms with Crippen molar-refractivity contribution in [3.05, 3.63) is 72.9 Å². The molecule has 0 aliphatic heterocycles. The van der Waals surface area contributed by atoms with E-state index in [1.54, 1.807) is 0 Å². The fraction of sp³-hybridized carbons (Fsp3) is 0.758. The molecule has 0 aromatic carbocycles. The highest BCUT2D eigenvalue weighted by Gasteiger charge is 2.19. The Bertz CT molecular complexity index is 1270. The van der Waals surface area contributed by atoms with Gasteiger partial charge in [-0.3, -0.25) is 14.4 Å². The van der Waals surface area contributed by atoms with E-state index in [-0.39, 0.29) is 31.1 Å². The van der Waals surface area contributed by atoms with Crippen molar-refractivity contribution in [1.29, 1.82) is 0 Å². The molecule has 6 nitrogen and oxygen atoms in total. The molecular weight excluding hydrogens is 841 g/mol. The molecule has 1 unspecified atom stereocenters. The van der Waals surface area contributed by atoms with Gasteiger partial charge < -0.3 is 14.2 Å². The van der Waals surface area contributed by atoms with Crippen LogP contribution >= 0.6 is 0 Å². The lowest BCUT2D eigenvalue weighted by Gasteiger charge is -2.18. The van der Waals surface area contributed by atoms with Crippen LogP contribution in [0.5, 0.6) is 0 Å². The Labute approximate surface area is 421 Å². The topological polar surface area (TPSA) is 78.9 Å². The van der Waals surface area contributed by atoms with Crippen LogP contribution in [-0.2, 0) is 28.6 Å². The molecule has 0 aliphatic carbocycles. The number of hydrogen-bond donors (Lipinski definition) is 0. The third-order valence-electron chi connectivity index (χ3n) is 12.5. The summed E-state index contributed by atoms with van der Waals surface area (Å²) in [5, 5.41) is 0. The van der Waals surface area contributed by atoms with Gasteiger partial charge in [-0.1, -0.05) is 241 Å². The number of hydrogen-bond acceptors (Lipinski definition) is 6. The Kier molecular flexibility index (Phi) is 53.8. The first-order chi connectivity index (χ1) is 33.5. The maximum absolute atomic E-state index is 12.9. The molecule has 0 aliphatic rings. The summed E-state index contributed by atoms with van der Waals surface area (Å²) < 4.78 is 16.9. The summed E-state index contributed by atoms with van der Waals surface area (Å²) in [5.41, 5.74) is 0. The molecule has 0 rings (SSSR count). The molecular formula is C62H108O6.